The molecule has 6 heteroatoms. The first-order chi connectivity index (χ1) is 14.0. The number of rotatable bonds is 4. The molecule has 5 nitrogen and oxygen atoms in total. The molecule has 144 valence electrons. The van der Waals surface area contributed by atoms with E-state index in [-0.39, 0.29) is 22.8 Å². The number of hydrogen-bond donors (Lipinski definition) is 2. The van der Waals surface area contributed by atoms with Gasteiger partial charge in [0.1, 0.15) is 5.82 Å². The molecule has 0 aliphatic carbocycles. The van der Waals surface area contributed by atoms with Crippen molar-refractivity contribution in [2.45, 2.75) is 12.8 Å². The molecule has 0 radical (unpaired) electrons. The average molecular weight is 388 g/mol. The molecule has 29 heavy (non-hydrogen) atoms. The molecule has 3 aromatic carbocycles. The summed E-state index contributed by atoms with van der Waals surface area (Å²) in [4.78, 5) is 37.1. The van der Waals surface area contributed by atoms with Crippen LogP contribution in [-0.4, -0.2) is 17.6 Å². The van der Waals surface area contributed by atoms with Crippen LogP contribution in [0.5, 0.6) is 0 Å². The summed E-state index contributed by atoms with van der Waals surface area (Å²) >= 11 is 0. The van der Waals surface area contributed by atoms with E-state index in [4.69, 9.17) is 0 Å². The smallest absolute Gasteiger partial charge is 0.256 e. The first-order valence-electron chi connectivity index (χ1n) is 9.15. The van der Waals surface area contributed by atoms with Gasteiger partial charge in [-0.1, -0.05) is 18.2 Å². The Labute approximate surface area is 166 Å². The maximum atomic E-state index is 13.1. The molecule has 1 aliphatic rings. The zero-order chi connectivity index (χ0) is 20.4. The van der Waals surface area contributed by atoms with Crippen LogP contribution in [0, 0.1) is 5.82 Å². The minimum atomic E-state index is -0.434. The number of hydrogen-bond acceptors (Lipinski definition) is 3. The van der Waals surface area contributed by atoms with Crippen molar-refractivity contribution in [3.05, 3.63) is 94.8 Å². The van der Waals surface area contributed by atoms with E-state index in [1.165, 1.54) is 24.3 Å². The molecule has 3 aromatic rings. The molecule has 0 saturated carbocycles. The second-order valence-electron chi connectivity index (χ2n) is 6.76. The van der Waals surface area contributed by atoms with E-state index in [0.717, 1.165) is 11.3 Å². The lowest BCUT2D eigenvalue weighted by Gasteiger charge is -2.18. The summed E-state index contributed by atoms with van der Waals surface area (Å²) < 4.78 is 13.1. The van der Waals surface area contributed by atoms with Crippen molar-refractivity contribution in [1.82, 2.24) is 0 Å². The van der Waals surface area contributed by atoms with Crippen molar-refractivity contribution in [1.29, 1.82) is 0 Å². The largest absolute Gasteiger partial charge is 0.326 e. The molecule has 0 saturated heterocycles. The van der Waals surface area contributed by atoms with Gasteiger partial charge in [0.2, 0.25) is 5.91 Å². The highest BCUT2D eigenvalue weighted by Gasteiger charge is 2.19. The number of ketones is 1. The lowest BCUT2D eigenvalue weighted by atomic mass is 9.97. The number of anilines is 2. The summed E-state index contributed by atoms with van der Waals surface area (Å²) in [5, 5.41) is 5.61. The van der Waals surface area contributed by atoms with Gasteiger partial charge in [0.05, 0.1) is 5.56 Å². The number of carbonyl (C=O) groups excluding carboxylic acids is 3. The predicted molar refractivity (Wildman–Crippen MR) is 108 cm³/mol. The van der Waals surface area contributed by atoms with Crippen LogP contribution in [0.4, 0.5) is 15.8 Å². The van der Waals surface area contributed by atoms with E-state index >= 15 is 0 Å². The van der Waals surface area contributed by atoms with Crippen molar-refractivity contribution in [3.63, 3.8) is 0 Å². The van der Waals surface area contributed by atoms with Crippen LogP contribution >= 0.6 is 0 Å². The van der Waals surface area contributed by atoms with E-state index in [9.17, 15) is 18.8 Å². The Balaban J connectivity index is 1.59. The molecule has 0 fully saturated rings. The second kappa shape index (κ2) is 7.67. The summed E-state index contributed by atoms with van der Waals surface area (Å²) in [6.07, 6.45) is 1.00. The SMILES string of the molecule is O=C1CCc2cc(NC(=O)c3ccccc3C(=O)c3ccc(F)cc3)ccc2N1. The third-order valence-corrected chi connectivity index (χ3v) is 4.78. The summed E-state index contributed by atoms with van der Waals surface area (Å²) in [7, 11) is 0. The van der Waals surface area contributed by atoms with Gasteiger partial charge in [0, 0.05) is 28.9 Å². The van der Waals surface area contributed by atoms with Gasteiger partial charge in [0.15, 0.2) is 5.78 Å². The lowest BCUT2D eigenvalue weighted by molar-refractivity contribution is -0.116. The van der Waals surface area contributed by atoms with Crippen LogP contribution < -0.4 is 10.6 Å². The van der Waals surface area contributed by atoms with Gasteiger partial charge in [-0.05, 0) is 60.5 Å². The van der Waals surface area contributed by atoms with Gasteiger partial charge >= 0.3 is 0 Å². The highest BCUT2D eigenvalue weighted by Crippen LogP contribution is 2.26. The van der Waals surface area contributed by atoms with Gasteiger partial charge in [-0.25, -0.2) is 4.39 Å². The molecule has 1 heterocycles. The number of aryl methyl sites for hydroxylation is 1. The van der Waals surface area contributed by atoms with Crippen LogP contribution in [-0.2, 0) is 11.2 Å². The highest BCUT2D eigenvalue weighted by atomic mass is 19.1. The van der Waals surface area contributed by atoms with E-state index in [1.807, 2.05) is 6.07 Å². The predicted octanol–water partition coefficient (Wildman–Crippen LogP) is 4.19. The Morgan fingerprint density at radius 2 is 1.62 bits per heavy atom. The van der Waals surface area contributed by atoms with Crippen molar-refractivity contribution in [2.75, 3.05) is 10.6 Å². The summed E-state index contributed by atoms with van der Waals surface area (Å²) in [5.41, 5.74) is 3.03. The van der Waals surface area contributed by atoms with E-state index in [0.29, 0.717) is 24.1 Å². The van der Waals surface area contributed by atoms with Gasteiger partial charge in [-0.3, -0.25) is 14.4 Å². The van der Waals surface area contributed by atoms with E-state index in [2.05, 4.69) is 10.6 Å². The third-order valence-electron chi connectivity index (χ3n) is 4.78. The number of carbonyl (C=O) groups is 3. The zero-order valence-corrected chi connectivity index (χ0v) is 15.4. The number of fused-ring (bicyclic) bond motifs is 1. The summed E-state index contributed by atoms with van der Waals surface area (Å²) in [6, 6.07) is 17.0. The first-order valence-corrected chi connectivity index (χ1v) is 9.15. The van der Waals surface area contributed by atoms with Crippen LogP contribution in [0.1, 0.15) is 38.3 Å². The normalized spacial score (nSPS) is 12.7. The van der Waals surface area contributed by atoms with Crippen LogP contribution in [0.25, 0.3) is 0 Å². The Kier molecular flexibility index (Phi) is 4.91. The molecule has 0 atom stereocenters. The molecule has 2 N–H and O–H groups in total. The van der Waals surface area contributed by atoms with Crippen LogP contribution in [0.15, 0.2) is 66.7 Å². The third kappa shape index (κ3) is 3.91. The number of halogens is 1. The number of amides is 2. The number of nitrogens with one attached hydrogen (secondary N) is 2. The summed E-state index contributed by atoms with van der Waals surface area (Å²) in [6.45, 7) is 0. The highest BCUT2D eigenvalue weighted by molar-refractivity contribution is 6.17. The fraction of sp³-hybridized carbons (Fsp3) is 0.0870. The van der Waals surface area contributed by atoms with Gasteiger partial charge in [0.25, 0.3) is 5.91 Å². The van der Waals surface area contributed by atoms with E-state index in [1.54, 1.807) is 36.4 Å². The lowest BCUT2D eigenvalue weighted by Crippen LogP contribution is -2.20. The molecule has 0 aromatic heterocycles. The zero-order valence-electron chi connectivity index (χ0n) is 15.4. The molecule has 4 rings (SSSR count). The topological polar surface area (TPSA) is 75.3 Å². The molecular weight excluding hydrogens is 371 g/mol. The van der Waals surface area contributed by atoms with E-state index < -0.39 is 11.7 Å². The van der Waals surface area contributed by atoms with Gasteiger partial charge in [-0.2, -0.15) is 0 Å². The summed E-state index contributed by atoms with van der Waals surface area (Å²) in [5.74, 6) is -1.24. The minimum Gasteiger partial charge on any atom is -0.326 e. The Hall–Kier alpha value is -3.80. The van der Waals surface area contributed by atoms with Crippen molar-refractivity contribution < 1.29 is 18.8 Å². The van der Waals surface area contributed by atoms with Gasteiger partial charge < -0.3 is 10.6 Å². The Morgan fingerprint density at radius 3 is 2.38 bits per heavy atom. The number of benzene rings is 3. The molecule has 2 amide bonds. The standard InChI is InChI=1S/C23H17FN2O3/c24-16-8-5-14(6-9-16)22(28)18-3-1-2-4-19(18)23(29)25-17-10-11-20-15(13-17)7-12-21(27)26-20/h1-6,8-11,13H,7,12H2,(H,25,29)(H,26,27). The monoisotopic (exact) mass is 388 g/mol. The molecule has 0 bridgehead atoms. The fourth-order valence-corrected chi connectivity index (χ4v) is 3.30. The van der Waals surface area contributed by atoms with Crippen molar-refractivity contribution in [3.8, 4) is 0 Å². The van der Waals surface area contributed by atoms with Crippen molar-refractivity contribution >= 4 is 29.0 Å². The quantitative estimate of drug-likeness (QED) is 0.658. The van der Waals surface area contributed by atoms with Gasteiger partial charge in [-0.15, -0.1) is 0 Å². The molecule has 0 unspecified atom stereocenters. The van der Waals surface area contributed by atoms with Crippen LogP contribution in [0.3, 0.4) is 0 Å². The molecule has 1 aliphatic heterocycles. The molecular formula is C23H17FN2O3. The Bertz CT molecular complexity index is 1120. The second-order valence-corrected chi connectivity index (χ2v) is 6.76. The molecule has 0 spiro atoms. The fourth-order valence-electron chi connectivity index (χ4n) is 3.30. The maximum Gasteiger partial charge on any atom is 0.256 e. The van der Waals surface area contributed by atoms with Crippen LogP contribution in [0.2, 0.25) is 0 Å². The van der Waals surface area contributed by atoms with Crippen molar-refractivity contribution in [2.24, 2.45) is 0 Å². The first kappa shape index (κ1) is 18.6. The maximum absolute atomic E-state index is 13.1. The average Bonchev–Trinajstić information content (AvgIpc) is 2.74. The minimum absolute atomic E-state index is 0.0254. The Morgan fingerprint density at radius 1 is 0.897 bits per heavy atom.